The summed E-state index contributed by atoms with van der Waals surface area (Å²) in [5.74, 6) is -0.264. The molecule has 1 saturated heterocycles. The maximum atomic E-state index is 13.7. The lowest BCUT2D eigenvalue weighted by molar-refractivity contribution is 0.0891. The number of benzene rings is 1. The first kappa shape index (κ1) is 14.3. The van der Waals surface area contributed by atoms with Crippen LogP contribution >= 0.6 is 0 Å². The van der Waals surface area contributed by atoms with E-state index >= 15 is 0 Å². The Hall–Kier alpha value is -1.13. The third kappa shape index (κ3) is 3.07. The number of anilines is 1. The molecule has 0 aliphatic carbocycles. The fraction of sp³-hybridized carbons (Fsp3) is 0.600. The number of nitrogens with zero attached hydrogens (tertiary/aromatic N) is 1. The van der Waals surface area contributed by atoms with Gasteiger partial charge < -0.3 is 14.7 Å². The second-order valence-corrected chi connectivity index (χ2v) is 5.28. The zero-order valence-corrected chi connectivity index (χ0v) is 11.8. The van der Waals surface area contributed by atoms with Crippen LogP contribution in [0.4, 0.5) is 10.1 Å². The van der Waals surface area contributed by atoms with Crippen LogP contribution in [0.25, 0.3) is 0 Å². The zero-order valence-electron chi connectivity index (χ0n) is 11.8. The van der Waals surface area contributed by atoms with Crippen LogP contribution in [0.2, 0.25) is 0 Å². The Balaban J connectivity index is 2.34. The van der Waals surface area contributed by atoms with Gasteiger partial charge in [0, 0.05) is 31.5 Å². The van der Waals surface area contributed by atoms with Gasteiger partial charge in [0.05, 0.1) is 12.2 Å². The van der Waals surface area contributed by atoms with Crippen molar-refractivity contribution >= 4 is 5.69 Å². The third-order valence-electron chi connectivity index (χ3n) is 3.81. The lowest BCUT2D eigenvalue weighted by atomic mass is 10.0. The summed E-state index contributed by atoms with van der Waals surface area (Å²) < 4.78 is 19.1. The van der Waals surface area contributed by atoms with Crippen molar-refractivity contribution in [2.75, 3.05) is 25.1 Å². The van der Waals surface area contributed by atoms with Crippen LogP contribution in [0.3, 0.4) is 0 Å². The largest absolute Gasteiger partial charge is 0.389 e. The summed E-state index contributed by atoms with van der Waals surface area (Å²) in [5, 5.41) is 9.85. The fourth-order valence-corrected chi connectivity index (χ4v) is 2.64. The standard InChI is InChI=1S/C15H22FNO2/c1-10-7-15(13(11(2)18)8-14(10)16)17-6-4-5-12(9-17)19-3/h7-8,11-12,18H,4-6,9H2,1-3H3/t11-,12?/m1/s1. The Bertz CT molecular complexity index is 448. The maximum Gasteiger partial charge on any atom is 0.126 e. The van der Waals surface area contributed by atoms with E-state index in [2.05, 4.69) is 4.90 Å². The van der Waals surface area contributed by atoms with Gasteiger partial charge in [0.1, 0.15) is 5.82 Å². The van der Waals surface area contributed by atoms with Gasteiger partial charge in [0.2, 0.25) is 0 Å². The predicted octanol–water partition coefficient (Wildman–Crippen LogP) is 2.80. The molecule has 4 heteroatoms. The van der Waals surface area contributed by atoms with Crippen LogP contribution in [0.5, 0.6) is 0 Å². The van der Waals surface area contributed by atoms with Crippen LogP contribution in [0, 0.1) is 12.7 Å². The summed E-state index contributed by atoms with van der Waals surface area (Å²) >= 11 is 0. The molecule has 1 N–H and O–H groups in total. The second-order valence-electron chi connectivity index (χ2n) is 5.28. The van der Waals surface area contributed by atoms with Gasteiger partial charge in [-0.05, 0) is 44.4 Å². The lowest BCUT2D eigenvalue weighted by Crippen LogP contribution is -2.39. The molecule has 0 amide bonds. The van der Waals surface area contributed by atoms with Crippen LogP contribution in [-0.2, 0) is 4.74 Å². The van der Waals surface area contributed by atoms with Crippen molar-refractivity contribution < 1.29 is 14.2 Å². The highest BCUT2D eigenvalue weighted by molar-refractivity contribution is 5.57. The molecule has 2 atom stereocenters. The molecule has 1 aliphatic rings. The molecule has 0 aromatic heterocycles. The molecule has 1 heterocycles. The third-order valence-corrected chi connectivity index (χ3v) is 3.81. The van der Waals surface area contributed by atoms with E-state index < -0.39 is 6.10 Å². The van der Waals surface area contributed by atoms with Gasteiger partial charge in [-0.3, -0.25) is 0 Å². The Morgan fingerprint density at radius 1 is 1.47 bits per heavy atom. The molecule has 0 radical (unpaired) electrons. The number of hydrogen-bond donors (Lipinski definition) is 1. The average molecular weight is 267 g/mol. The number of halogens is 1. The van der Waals surface area contributed by atoms with Gasteiger partial charge in [0.15, 0.2) is 0 Å². The minimum absolute atomic E-state index is 0.209. The molecule has 106 valence electrons. The highest BCUT2D eigenvalue weighted by Gasteiger charge is 2.23. The van der Waals surface area contributed by atoms with Crippen LogP contribution in [0.1, 0.15) is 37.0 Å². The van der Waals surface area contributed by atoms with Crippen LogP contribution in [0.15, 0.2) is 12.1 Å². The normalized spacial score (nSPS) is 21.5. The Kier molecular flexibility index (Phi) is 4.42. The number of aryl methyl sites for hydroxylation is 1. The van der Waals surface area contributed by atoms with Crippen molar-refractivity contribution in [3.63, 3.8) is 0 Å². The summed E-state index contributed by atoms with van der Waals surface area (Å²) in [5.41, 5.74) is 2.19. The monoisotopic (exact) mass is 267 g/mol. The van der Waals surface area contributed by atoms with Crippen molar-refractivity contribution in [2.45, 2.75) is 38.9 Å². The molecule has 0 bridgehead atoms. The van der Waals surface area contributed by atoms with E-state index in [0.29, 0.717) is 11.1 Å². The number of methoxy groups -OCH3 is 1. The molecule has 1 aromatic rings. The van der Waals surface area contributed by atoms with Gasteiger partial charge >= 0.3 is 0 Å². The predicted molar refractivity (Wildman–Crippen MR) is 74.0 cm³/mol. The first-order valence-electron chi connectivity index (χ1n) is 6.78. The van der Waals surface area contributed by atoms with E-state index in [0.717, 1.165) is 31.6 Å². The minimum atomic E-state index is -0.673. The fourth-order valence-electron chi connectivity index (χ4n) is 2.64. The Morgan fingerprint density at radius 3 is 2.84 bits per heavy atom. The van der Waals surface area contributed by atoms with E-state index in [4.69, 9.17) is 4.74 Å². The first-order chi connectivity index (χ1) is 9.02. The van der Waals surface area contributed by atoms with Crippen molar-refractivity contribution in [1.82, 2.24) is 0 Å². The number of ether oxygens (including phenoxy) is 1. The van der Waals surface area contributed by atoms with E-state index in [-0.39, 0.29) is 11.9 Å². The van der Waals surface area contributed by atoms with E-state index in [1.54, 1.807) is 21.0 Å². The Morgan fingerprint density at radius 2 is 2.21 bits per heavy atom. The summed E-state index contributed by atoms with van der Waals surface area (Å²) in [4.78, 5) is 2.19. The highest BCUT2D eigenvalue weighted by Crippen LogP contribution is 2.31. The van der Waals surface area contributed by atoms with Gasteiger partial charge in [-0.1, -0.05) is 0 Å². The van der Waals surface area contributed by atoms with Gasteiger partial charge in [-0.15, -0.1) is 0 Å². The SMILES string of the molecule is COC1CCCN(c2cc(C)c(F)cc2[C@@H](C)O)C1. The van der Waals surface area contributed by atoms with E-state index in [1.807, 2.05) is 6.07 Å². The molecule has 19 heavy (non-hydrogen) atoms. The Labute approximate surface area is 114 Å². The molecule has 3 nitrogen and oxygen atoms in total. The molecule has 1 aliphatic heterocycles. The van der Waals surface area contributed by atoms with E-state index in [1.165, 1.54) is 6.07 Å². The smallest absolute Gasteiger partial charge is 0.126 e. The van der Waals surface area contributed by atoms with Crippen LogP contribution < -0.4 is 4.90 Å². The molecular weight excluding hydrogens is 245 g/mol. The zero-order chi connectivity index (χ0) is 14.0. The highest BCUT2D eigenvalue weighted by atomic mass is 19.1. The molecule has 1 unspecified atom stereocenters. The molecule has 2 rings (SSSR count). The first-order valence-corrected chi connectivity index (χ1v) is 6.78. The number of hydrogen-bond acceptors (Lipinski definition) is 3. The van der Waals surface area contributed by atoms with Crippen molar-refractivity contribution in [1.29, 1.82) is 0 Å². The number of aliphatic hydroxyl groups is 1. The number of rotatable bonds is 3. The molecule has 0 saturated carbocycles. The number of piperidine rings is 1. The van der Waals surface area contributed by atoms with Crippen molar-refractivity contribution in [2.24, 2.45) is 0 Å². The van der Waals surface area contributed by atoms with E-state index in [9.17, 15) is 9.50 Å². The summed E-state index contributed by atoms with van der Waals surface area (Å²) in [6.45, 7) is 5.14. The summed E-state index contributed by atoms with van der Waals surface area (Å²) in [7, 11) is 1.72. The van der Waals surface area contributed by atoms with Gasteiger partial charge in [-0.2, -0.15) is 0 Å². The lowest BCUT2D eigenvalue weighted by Gasteiger charge is -2.35. The minimum Gasteiger partial charge on any atom is -0.389 e. The van der Waals surface area contributed by atoms with Crippen molar-refractivity contribution in [3.8, 4) is 0 Å². The maximum absolute atomic E-state index is 13.7. The summed E-state index contributed by atoms with van der Waals surface area (Å²) in [6, 6.07) is 3.28. The quantitative estimate of drug-likeness (QED) is 0.914. The van der Waals surface area contributed by atoms with Crippen LogP contribution in [-0.4, -0.2) is 31.4 Å². The molecule has 0 spiro atoms. The molecular formula is C15H22FNO2. The number of aliphatic hydroxyl groups excluding tert-OH is 1. The van der Waals surface area contributed by atoms with Crippen molar-refractivity contribution in [3.05, 3.63) is 29.1 Å². The molecule has 1 fully saturated rings. The second kappa shape index (κ2) is 5.88. The summed E-state index contributed by atoms with van der Waals surface area (Å²) in [6.07, 6.45) is 1.64. The average Bonchev–Trinajstić information content (AvgIpc) is 2.41. The van der Waals surface area contributed by atoms with Gasteiger partial charge in [-0.25, -0.2) is 4.39 Å². The topological polar surface area (TPSA) is 32.7 Å². The van der Waals surface area contributed by atoms with Gasteiger partial charge in [0.25, 0.3) is 0 Å². The molecule has 1 aromatic carbocycles.